The summed E-state index contributed by atoms with van der Waals surface area (Å²) < 4.78 is 0. The van der Waals surface area contributed by atoms with Crippen molar-refractivity contribution in [2.45, 2.75) is 20.8 Å². The lowest BCUT2D eigenvalue weighted by molar-refractivity contribution is 1.29. The van der Waals surface area contributed by atoms with Gasteiger partial charge in [-0.3, -0.25) is 0 Å². The zero-order valence-electron chi connectivity index (χ0n) is 10.2. The largest absolute Gasteiger partial charge is 0.355 e. The number of hydrogen-bond donors (Lipinski definition) is 1. The molecule has 1 heteroatoms. The van der Waals surface area contributed by atoms with E-state index in [9.17, 15) is 0 Å². The topological polar surface area (TPSA) is 15.8 Å². The smallest absolute Gasteiger partial charge is 0.0461 e. The van der Waals surface area contributed by atoms with Crippen molar-refractivity contribution in [3.63, 3.8) is 0 Å². The van der Waals surface area contributed by atoms with E-state index in [0.717, 1.165) is 11.0 Å². The van der Waals surface area contributed by atoms with Crippen molar-refractivity contribution in [2.75, 3.05) is 0 Å². The highest BCUT2D eigenvalue weighted by Gasteiger charge is 2.01. The molecule has 1 N–H and O–H groups in total. The lowest BCUT2D eigenvalue weighted by Gasteiger charge is -1.91. The summed E-state index contributed by atoms with van der Waals surface area (Å²) in [5.74, 6) is 0. The standard InChI is InChI=1S/C15H19N/c1-5-9-12-13(10-6-2)15(11-7-3)16-14(12)8-4/h5-11,16H,1H2,2-4H3/b10-6-,11-7-,12-9-,14-8+. The van der Waals surface area contributed by atoms with Gasteiger partial charge in [0, 0.05) is 21.8 Å². The van der Waals surface area contributed by atoms with Gasteiger partial charge in [0.15, 0.2) is 0 Å². The SMILES string of the molecule is C=C/C=c1/c(/C=C\C)c(/C=C\C)[nH]/c1=C/C. The van der Waals surface area contributed by atoms with Crippen LogP contribution in [0.4, 0.5) is 0 Å². The Bertz CT molecular complexity index is 525. The Morgan fingerprint density at radius 2 is 1.75 bits per heavy atom. The molecule has 0 saturated heterocycles. The van der Waals surface area contributed by atoms with Crippen LogP contribution in [-0.4, -0.2) is 4.98 Å². The summed E-state index contributed by atoms with van der Waals surface area (Å²) in [6.45, 7) is 9.84. The number of nitrogens with one attached hydrogen (secondary N) is 1. The highest BCUT2D eigenvalue weighted by atomic mass is 14.7. The Balaban J connectivity index is 3.68. The maximum atomic E-state index is 3.76. The van der Waals surface area contributed by atoms with Gasteiger partial charge in [-0.2, -0.15) is 0 Å². The fourth-order valence-corrected chi connectivity index (χ4v) is 1.74. The molecule has 1 aromatic heterocycles. The van der Waals surface area contributed by atoms with Crippen LogP contribution in [0.5, 0.6) is 0 Å². The maximum absolute atomic E-state index is 3.76. The van der Waals surface area contributed by atoms with E-state index in [-0.39, 0.29) is 0 Å². The van der Waals surface area contributed by atoms with Crippen molar-refractivity contribution >= 4 is 24.3 Å². The third kappa shape index (κ3) is 2.43. The molecule has 0 aliphatic heterocycles. The summed E-state index contributed by atoms with van der Waals surface area (Å²) in [6, 6.07) is 0. The zero-order valence-corrected chi connectivity index (χ0v) is 10.2. The number of hydrogen-bond acceptors (Lipinski definition) is 0. The number of allylic oxidation sites excluding steroid dienone is 3. The van der Waals surface area contributed by atoms with E-state index in [4.69, 9.17) is 0 Å². The second kappa shape index (κ2) is 5.96. The van der Waals surface area contributed by atoms with Gasteiger partial charge >= 0.3 is 0 Å². The van der Waals surface area contributed by atoms with Gasteiger partial charge in [0.05, 0.1) is 0 Å². The van der Waals surface area contributed by atoms with Crippen molar-refractivity contribution in [1.29, 1.82) is 0 Å². The molecule has 0 spiro atoms. The van der Waals surface area contributed by atoms with Gasteiger partial charge in [0.1, 0.15) is 0 Å². The summed E-state index contributed by atoms with van der Waals surface area (Å²) in [4.78, 5) is 3.40. The second-order valence-electron chi connectivity index (χ2n) is 3.47. The molecule has 0 bridgehead atoms. The molecule has 1 rings (SSSR count). The molecule has 0 aliphatic rings. The van der Waals surface area contributed by atoms with Crippen molar-refractivity contribution in [1.82, 2.24) is 4.98 Å². The van der Waals surface area contributed by atoms with E-state index in [1.165, 1.54) is 10.8 Å². The van der Waals surface area contributed by atoms with Gasteiger partial charge in [-0.15, -0.1) is 0 Å². The molecule has 0 aromatic carbocycles. The second-order valence-corrected chi connectivity index (χ2v) is 3.47. The van der Waals surface area contributed by atoms with Crippen LogP contribution in [0.15, 0.2) is 24.8 Å². The molecule has 1 aromatic rings. The van der Waals surface area contributed by atoms with Crippen molar-refractivity contribution < 1.29 is 0 Å². The van der Waals surface area contributed by atoms with E-state index in [0.29, 0.717) is 0 Å². The van der Waals surface area contributed by atoms with Crippen LogP contribution in [0, 0.1) is 0 Å². The molecule has 0 fully saturated rings. The predicted octanol–water partition coefficient (Wildman–Crippen LogP) is 2.85. The average Bonchev–Trinajstić information content (AvgIpc) is 2.60. The third-order valence-electron chi connectivity index (χ3n) is 2.38. The highest BCUT2D eigenvalue weighted by Crippen LogP contribution is 2.04. The summed E-state index contributed by atoms with van der Waals surface area (Å²) >= 11 is 0. The molecular formula is C15H19N. The highest BCUT2D eigenvalue weighted by molar-refractivity contribution is 5.65. The molecule has 0 saturated carbocycles. The van der Waals surface area contributed by atoms with E-state index in [1.807, 2.05) is 39.0 Å². The van der Waals surface area contributed by atoms with E-state index < -0.39 is 0 Å². The van der Waals surface area contributed by atoms with Crippen LogP contribution >= 0.6 is 0 Å². The van der Waals surface area contributed by atoms with Crippen LogP contribution in [0.25, 0.3) is 24.3 Å². The Labute approximate surface area is 97.2 Å². The first-order valence-electron chi connectivity index (χ1n) is 5.54. The number of rotatable bonds is 3. The summed E-state index contributed by atoms with van der Waals surface area (Å²) in [5.41, 5.74) is 2.36. The van der Waals surface area contributed by atoms with Gasteiger partial charge in [-0.25, -0.2) is 0 Å². The molecular weight excluding hydrogens is 194 g/mol. The molecule has 0 radical (unpaired) electrons. The number of aromatic amines is 1. The molecule has 0 unspecified atom stereocenters. The minimum Gasteiger partial charge on any atom is -0.355 e. The molecule has 0 amide bonds. The third-order valence-corrected chi connectivity index (χ3v) is 2.38. The molecule has 84 valence electrons. The minimum atomic E-state index is 1.14. The first-order valence-corrected chi connectivity index (χ1v) is 5.54. The lowest BCUT2D eigenvalue weighted by atomic mass is 10.1. The van der Waals surface area contributed by atoms with Gasteiger partial charge < -0.3 is 4.98 Å². The Hall–Kier alpha value is -1.76. The van der Waals surface area contributed by atoms with Crippen molar-refractivity contribution in [2.24, 2.45) is 0 Å². The van der Waals surface area contributed by atoms with Crippen LogP contribution in [-0.2, 0) is 0 Å². The Kier molecular flexibility index (Phi) is 4.59. The van der Waals surface area contributed by atoms with Crippen molar-refractivity contribution in [3.8, 4) is 0 Å². The fraction of sp³-hybridized carbons (Fsp3) is 0.200. The predicted molar refractivity (Wildman–Crippen MR) is 74.3 cm³/mol. The van der Waals surface area contributed by atoms with E-state index in [2.05, 4.69) is 35.9 Å². The van der Waals surface area contributed by atoms with Gasteiger partial charge in [0.2, 0.25) is 0 Å². The molecule has 0 atom stereocenters. The molecule has 1 nitrogen and oxygen atoms in total. The van der Waals surface area contributed by atoms with Crippen LogP contribution in [0.2, 0.25) is 0 Å². The molecule has 1 heterocycles. The maximum Gasteiger partial charge on any atom is 0.0461 e. The average molecular weight is 213 g/mol. The number of aromatic nitrogens is 1. The molecule has 16 heavy (non-hydrogen) atoms. The normalized spacial score (nSPS) is 14.4. The summed E-state index contributed by atoms with van der Waals surface area (Å²) in [6.07, 6.45) is 14.2. The summed E-state index contributed by atoms with van der Waals surface area (Å²) in [5, 5.41) is 2.34. The zero-order chi connectivity index (χ0) is 12.0. The summed E-state index contributed by atoms with van der Waals surface area (Å²) in [7, 11) is 0. The lowest BCUT2D eigenvalue weighted by Crippen LogP contribution is -2.23. The van der Waals surface area contributed by atoms with Crippen LogP contribution < -0.4 is 10.6 Å². The van der Waals surface area contributed by atoms with Gasteiger partial charge in [0.25, 0.3) is 0 Å². The fourth-order valence-electron chi connectivity index (χ4n) is 1.74. The molecule has 0 aliphatic carbocycles. The first-order chi connectivity index (χ1) is 7.78. The van der Waals surface area contributed by atoms with Crippen molar-refractivity contribution in [3.05, 3.63) is 46.6 Å². The van der Waals surface area contributed by atoms with E-state index in [1.54, 1.807) is 0 Å². The quantitative estimate of drug-likeness (QED) is 0.794. The minimum absolute atomic E-state index is 1.14. The Morgan fingerprint density at radius 3 is 2.25 bits per heavy atom. The Morgan fingerprint density at radius 1 is 1.06 bits per heavy atom. The first kappa shape index (κ1) is 12.3. The van der Waals surface area contributed by atoms with Crippen LogP contribution in [0.3, 0.4) is 0 Å². The van der Waals surface area contributed by atoms with Gasteiger partial charge in [-0.1, -0.05) is 43.0 Å². The van der Waals surface area contributed by atoms with Gasteiger partial charge in [-0.05, 0) is 26.8 Å². The number of H-pyrrole nitrogens is 1. The monoisotopic (exact) mass is 213 g/mol. The van der Waals surface area contributed by atoms with E-state index >= 15 is 0 Å². The van der Waals surface area contributed by atoms with Crippen LogP contribution in [0.1, 0.15) is 32.0 Å².